The molecule has 0 saturated carbocycles. The van der Waals surface area contributed by atoms with Gasteiger partial charge in [-0.2, -0.15) is 5.10 Å². The number of carbonyl (C=O) groups is 3. The molecule has 8 nitrogen and oxygen atoms in total. The number of hydrogen-bond donors (Lipinski definition) is 2. The minimum atomic E-state index is -1.09. The van der Waals surface area contributed by atoms with Crippen molar-refractivity contribution in [2.75, 3.05) is 6.61 Å². The molecule has 2 N–H and O–H groups in total. The molecule has 140 valence electrons. The van der Waals surface area contributed by atoms with E-state index in [1.54, 1.807) is 19.2 Å². The van der Waals surface area contributed by atoms with Gasteiger partial charge in [0, 0.05) is 22.3 Å². The molecule has 1 aromatic carbocycles. The van der Waals surface area contributed by atoms with Crippen LogP contribution in [0.1, 0.15) is 31.4 Å². The number of H-pyrrole nitrogens is 1. The normalized spacial score (nSPS) is 12.0. The summed E-state index contributed by atoms with van der Waals surface area (Å²) >= 11 is 3.44. The van der Waals surface area contributed by atoms with E-state index in [0.29, 0.717) is 15.6 Å². The number of fused-ring (bicyclic) bond motifs is 1. The van der Waals surface area contributed by atoms with Crippen LogP contribution in [0.4, 0.5) is 0 Å². The lowest BCUT2D eigenvalue weighted by molar-refractivity contribution is -0.152. The van der Waals surface area contributed by atoms with Crippen molar-refractivity contribution in [3.8, 4) is 0 Å². The Morgan fingerprint density at radius 2 is 2.08 bits per heavy atom. The number of aliphatic carboxylic acids is 1. The molecule has 0 saturated heterocycles. The number of rotatable bonds is 8. The molecule has 1 aromatic heterocycles. The molecule has 0 aliphatic rings. The molecule has 1 heterocycles. The number of esters is 2. The summed E-state index contributed by atoms with van der Waals surface area (Å²) in [6.07, 6.45) is 1.38. The summed E-state index contributed by atoms with van der Waals surface area (Å²) < 4.78 is 10.8. The average molecular weight is 427 g/mol. The lowest BCUT2D eigenvalue weighted by Gasteiger charge is -2.17. The van der Waals surface area contributed by atoms with E-state index in [1.807, 2.05) is 0 Å². The van der Waals surface area contributed by atoms with Crippen LogP contribution in [0.15, 0.2) is 16.7 Å². The van der Waals surface area contributed by atoms with Gasteiger partial charge in [0.25, 0.3) is 0 Å². The highest BCUT2D eigenvalue weighted by molar-refractivity contribution is 9.10. The number of aromatic nitrogens is 2. The summed E-state index contributed by atoms with van der Waals surface area (Å²) in [5.41, 5.74) is 2.08. The van der Waals surface area contributed by atoms with E-state index in [4.69, 9.17) is 14.6 Å². The number of hydrogen-bond acceptors (Lipinski definition) is 6. The highest BCUT2D eigenvalue weighted by Crippen LogP contribution is 2.31. The topological polar surface area (TPSA) is 119 Å². The first-order valence-electron chi connectivity index (χ1n) is 7.98. The number of benzene rings is 1. The van der Waals surface area contributed by atoms with Crippen LogP contribution in [0, 0.1) is 5.92 Å². The first-order valence-corrected chi connectivity index (χ1v) is 8.77. The van der Waals surface area contributed by atoms with Gasteiger partial charge in [-0.05, 0) is 40.9 Å². The van der Waals surface area contributed by atoms with Crippen LogP contribution < -0.4 is 0 Å². The van der Waals surface area contributed by atoms with Crippen LogP contribution >= 0.6 is 15.9 Å². The number of nitrogens with one attached hydrogen (secondary N) is 1. The van der Waals surface area contributed by atoms with Crippen LogP contribution in [0.2, 0.25) is 0 Å². The Balaban J connectivity index is 2.44. The third kappa shape index (κ3) is 4.81. The Bertz CT molecular complexity index is 832. The van der Waals surface area contributed by atoms with Crippen LogP contribution in [-0.4, -0.2) is 39.8 Å². The summed E-state index contributed by atoms with van der Waals surface area (Å²) in [5.74, 6) is -2.95. The third-order valence-corrected chi connectivity index (χ3v) is 4.44. The van der Waals surface area contributed by atoms with Crippen LogP contribution in [0.5, 0.6) is 0 Å². The summed E-state index contributed by atoms with van der Waals surface area (Å²) in [6, 6.07) is 1.77. The maximum atomic E-state index is 12.2. The zero-order valence-electron chi connectivity index (χ0n) is 14.4. The van der Waals surface area contributed by atoms with Crippen molar-refractivity contribution in [1.82, 2.24) is 10.2 Å². The Morgan fingerprint density at radius 3 is 2.69 bits per heavy atom. The molecule has 1 atom stereocenters. The number of aromatic amines is 1. The number of carbonyl (C=O) groups excluding carboxylic acids is 2. The molecule has 0 radical (unpaired) electrons. The summed E-state index contributed by atoms with van der Waals surface area (Å²) in [6.45, 7) is 3.13. The van der Waals surface area contributed by atoms with Crippen molar-refractivity contribution in [3.05, 3.63) is 27.9 Å². The highest BCUT2D eigenvalue weighted by atomic mass is 79.9. The van der Waals surface area contributed by atoms with Gasteiger partial charge in [-0.25, -0.2) is 0 Å². The van der Waals surface area contributed by atoms with Crippen molar-refractivity contribution in [1.29, 1.82) is 0 Å². The smallest absolute Gasteiger partial charge is 0.309 e. The average Bonchev–Trinajstić information content (AvgIpc) is 3.03. The first-order chi connectivity index (χ1) is 12.3. The van der Waals surface area contributed by atoms with Gasteiger partial charge < -0.3 is 14.6 Å². The Labute approximate surface area is 158 Å². The molecule has 0 amide bonds. The second-order valence-electron chi connectivity index (χ2n) is 5.69. The summed E-state index contributed by atoms with van der Waals surface area (Å²) in [7, 11) is 0. The molecule has 26 heavy (non-hydrogen) atoms. The lowest BCUT2D eigenvalue weighted by Crippen LogP contribution is -2.23. The molecule has 2 aromatic rings. The van der Waals surface area contributed by atoms with Crippen molar-refractivity contribution in [2.45, 2.75) is 33.3 Å². The van der Waals surface area contributed by atoms with Crippen LogP contribution in [0.25, 0.3) is 10.9 Å². The molecular formula is C17H19BrN2O6. The van der Waals surface area contributed by atoms with E-state index in [-0.39, 0.29) is 26.1 Å². The van der Waals surface area contributed by atoms with Gasteiger partial charge in [0.1, 0.15) is 6.61 Å². The van der Waals surface area contributed by atoms with Crippen LogP contribution in [0.3, 0.4) is 0 Å². The second kappa shape index (κ2) is 8.79. The van der Waals surface area contributed by atoms with Gasteiger partial charge in [0.2, 0.25) is 0 Å². The minimum Gasteiger partial charge on any atom is -0.481 e. The maximum absolute atomic E-state index is 12.2. The van der Waals surface area contributed by atoms with E-state index in [1.165, 1.54) is 6.92 Å². The fourth-order valence-corrected chi connectivity index (χ4v) is 3.26. The quantitative estimate of drug-likeness (QED) is 0.622. The molecule has 0 bridgehead atoms. The summed E-state index contributed by atoms with van der Waals surface area (Å²) in [5, 5.41) is 16.7. The predicted octanol–water partition coefficient (Wildman–Crippen LogP) is 2.59. The van der Waals surface area contributed by atoms with Gasteiger partial charge in [-0.1, -0.05) is 0 Å². The number of carboxylic acids is 1. The zero-order valence-corrected chi connectivity index (χ0v) is 16.0. The Hall–Kier alpha value is -2.42. The molecule has 2 rings (SSSR count). The fourth-order valence-electron chi connectivity index (χ4n) is 2.68. The molecule has 0 aliphatic carbocycles. The Kier molecular flexibility index (Phi) is 6.73. The van der Waals surface area contributed by atoms with Crippen molar-refractivity contribution < 1.29 is 29.0 Å². The minimum absolute atomic E-state index is 0.00338. The number of carboxylic acid groups (broad SMARTS) is 1. The van der Waals surface area contributed by atoms with Crippen molar-refractivity contribution in [3.63, 3.8) is 0 Å². The second-order valence-corrected chi connectivity index (χ2v) is 6.54. The van der Waals surface area contributed by atoms with Gasteiger partial charge in [-0.3, -0.25) is 19.5 Å². The highest BCUT2D eigenvalue weighted by Gasteiger charge is 2.26. The molecule has 1 unspecified atom stereocenters. The third-order valence-electron chi connectivity index (χ3n) is 3.82. The monoisotopic (exact) mass is 426 g/mol. The van der Waals surface area contributed by atoms with E-state index in [9.17, 15) is 14.4 Å². The predicted molar refractivity (Wildman–Crippen MR) is 95.3 cm³/mol. The molecule has 0 spiro atoms. The zero-order chi connectivity index (χ0) is 19.3. The fraction of sp³-hybridized carbons (Fsp3) is 0.412. The van der Waals surface area contributed by atoms with Gasteiger partial charge in [-0.15, -0.1) is 0 Å². The lowest BCUT2D eigenvalue weighted by atomic mass is 9.92. The number of nitrogens with zero attached hydrogens (tertiary/aromatic N) is 1. The van der Waals surface area contributed by atoms with Crippen molar-refractivity contribution in [2.24, 2.45) is 5.92 Å². The summed E-state index contributed by atoms with van der Waals surface area (Å²) in [4.78, 5) is 34.5. The van der Waals surface area contributed by atoms with E-state index in [2.05, 4.69) is 26.1 Å². The van der Waals surface area contributed by atoms with Crippen molar-refractivity contribution >= 4 is 44.7 Å². The Morgan fingerprint density at radius 1 is 1.35 bits per heavy atom. The molecule has 0 fully saturated rings. The number of halogens is 1. The molecular weight excluding hydrogens is 408 g/mol. The van der Waals surface area contributed by atoms with E-state index in [0.717, 1.165) is 10.9 Å². The molecule has 9 heteroatoms. The first kappa shape index (κ1) is 19.9. The van der Waals surface area contributed by atoms with Gasteiger partial charge in [0.15, 0.2) is 0 Å². The van der Waals surface area contributed by atoms with Gasteiger partial charge >= 0.3 is 17.9 Å². The van der Waals surface area contributed by atoms with Gasteiger partial charge in [0.05, 0.1) is 30.7 Å². The van der Waals surface area contributed by atoms with E-state index < -0.39 is 23.8 Å². The molecule has 0 aliphatic heterocycles. The van der Waals surface area contributed by atoms with Crippen LogP contribution in [-0.2, 0) is 36.9 Å². The standard InChI is InChI=1S/C17H19BrN2O6/c1-3-25-17(24)11(6-15(22)23)4-10-5-14(18)16-12(7-19-20-16)13(10)8-26-9(2)21/h5,7,11H,3-4,6,8H2,1-2H3,(H,19,20)(H,22,23). The van der Waals surface area contributed by atoms with E-state index >= 15 is 0 Å². The number of ether oxygens (including phenoxy) is 2. The largest absolute Gasteiger partial charge is 0.481 e. The maximum Gasteiger partial charge on any atom is 0.309 e. The SMILES string of the molecule is CCOC(=O)C(CC(=O)O)Cc1cc(Br)c2[nH]ncc2c1COC(C)=O.